The number of ether oxygens (including phenoxy) is 2. The second-order valence-electron chi connectivity index (χ2n) is 4.02. The van der Waals surface area contributed by atoms with Gasteiger partial charge in [-0.3, -0.25) is 0 Å². The third kappa shape index (κ3) is 3.57. The van der Waals surface area contributed by atoms with Crippen LogP contribution < -0.4 is 4.74 Å². The quantitative estimate of drug-likeness (QED) is 0.718. The van der Waals surface area contributed by atoms with Gasteiger partial charge in [-0.05, 0) is 24.5 Å². The Morgan fingerprint density at radius 2 is 2.00 bits per heavy atom. The Kier molecular flexibility index (Phi) is 4.83. The van der Waals surface area contributed by atoms with E-state index in [0.717, 1.165) is 6.42 Å². The first-order valence-electron chi connectivity index (χ1n) is 5.45. The highest BCUT2D eigenvalue weighted by atomic mass is 16.5. The lowest BCUT2D eigenvalue weighted by atomic mass is 10.1. The van der Waals surface area contributed by atoms with E-state index in [1.165, 1.54) is 7.11 Å². The number of carbonyl (C=O) groups excluding carboxylic acids is 1. The number of benzene rings is 1. The summed E-state index contributed by atoms with van der Waals surface area (Å²) in [4.78, 5) is 11.4. The van der Waals surface area contributed by atoms with Crippen LogP contribution in [0.1, 0.15) is 30.6 Å². The lowest BCUT2D eigenvalue weighted by Gasteiger charge is -2.10. The van der Waals surface area contributed by atoms with Gasteiger partial charge in [-0.2, -0.15) is 0 Å². The fourth-order valence-electron chi connectivity index (χ4n) is 1.28. The van der Waals surface area contributed by atoms with E-state index in [0.29, 0.717) is 23.8 Å². The molecule has 0 amide bonds. The van der Waals surface area contributed by atoms with Crippen LogP contribution in [0.5, 0.6) is 5.75 Å². The van der Waals surface area contributed by atoms with Gasteiger partial charge in [0.2, 0.25) is 0 Å². The summed E-state index contributed by atoms with van der Waals surface area (Å²) in [7, 11) is 1.37. The molecule has 3 nitrogen and oxygen atoms in total. The van der Waals surface area contributed by atoms with Crippen molar-refractivity contribution in [2.24, 2.45) is 5.92 Å². The fourth-order valence-corrected chi connectivity index (χ4v) is 1.28. The van der Waals surface area contributed by atoms with Gasteiger partial charge in [0.15, 0.2) is 0 Å². The molecule has 1 rings (SSSR count). The van der Waals surface area contributed by atoms with Crippen molar-refractivity contribution in [1.29, 1.82) is 0 Å². The lowest BCUT2D eigenvalue weighted by molar-refractivity contribution is 0.0596. The number of hydrogen-bond acceptors (Lipinski definition) is 3. The zero-order chi connectivity index (χ0) is 12.0. The van der Waals surface area contributed by atoms with Crippen LogP contribution in [0, 0.1) is 5.92 Å². The Bertz CT molecular complexity index is 345. The average molecular weight is 222 g/mol. The SMILES string of the molecule is COC(=O)c1ccccc1OCCC(C)C. The minimum absolute atomic E-state index is 0.361. The molecule has 3 heteroatoms. The monoisotopic (exact) mass is 222 g/mol. The standard InChI is InChI=1S/C13H18O3/c1-10(2)8-9-16-12-7-5-4-6-11(12)13(14)15-3/h4-7,10H,8-9H2,1-3H3. The zero-order valence-electron chi connectivity index (χ0n) is 10.0. The molecule has 0 fully saturated rings. The molecule has 0 saturated heterocycles. The van der Waals surface area contributed by atoms with Crippen LogP contribution in [-0.2, 0) is 4.74 Å². The first-order chi connectivity index (χ1) is 7.65. The van der Waals surface area contributed by atoms with E-state index in [9.17, 15) is 4.79 Å². The number of carbonyl (C=O) groups is 1. The highest BCUT2D eigenvalue weighted by Gasteiger charge is 2.11. The zero-order valence-corrected chi connectivity index (χ0v) is 10.0. The Morgan fingerprint density at radius 3 is 2.62 bits per heavy atom. The Labute approximate surface area is 96.4 Å². The van der Waals surface area contributed by atoms with Crippen LogP contribution in [0.3, 0.4) is 0 Å². The molecule has 0 saturated carbocycles. The van der Waals surface area contributed by atoms with Gasteiger partial charge < -0.3 is 9.47 Å². The van der Waals surface area contributed by atoms with Crippen molar-refractivity contribution in [3.63, 3.8) is 0 Å². The van der Waals surface area contributed by atoms with Crippen molar-refractivity contribution >= 4 is 5.97 Å². The molecule has 0 atom stereocenters. The van der Waals surface area contributed by atoms with Crippen molar-refractivity contribution < 1.29 is 14.3 Å². The highest BCUT2D eigenvalue weighted by molar-refractivity contribution is 5.92. The number of methoxy groups -OCH3 is 1. The molecule has 0 N–H and O–H groups in total. The molecule has 0 radical (unpaired) electrons. The molecule has 88 valence electrons. The topological polar surface area (TPSA) is 35.5 Å². The average Bonchev–Trinajstić information content (AvgIpc) is 2.28. The molecule has 0 unspecified atom stereocenters. The third-order valence-electron chi connectivity index (χ3n) is 2.25. The first kappa shape index (κ1) is 12.6. The van der Waals surface area contributed by atoms with Gasteiger partial charge in [0, 0.05) is 0 Å². The van der Waals surface area contributed by atoms with Crippen molar-refractivity contribution in [3.05, 3.63) is 29.8 Å². The van der Waals surface area contributed by atoms with Gasteiger partial charge in [-0.15, -0.1) is 0 Å². The normalized spacial score (nSPS) is 10.2. The third-order valence-corrected chi connectivity index (χ3v) is 2.25. The predicted molar refractivity (Wildman–Crippen MR) is 62.7 cm³/mol. The maximum Gasteiger partial charge on any atom is 0.341 e. The number of rotatable bonds is 5. The predicted octanol–water partition coefficient (Wildman–Crippen LogP) is 2.90. The fraction of sp³-hybridized carbons (Fsp3) is 0.462. The Balaban J connectivity index is 2.67. The maximum absolute atomic E-state index is 11.4. The summed E-state index contributed by atoms with van der Waals surface area (Å²) < 4.78 is 10.3. The van der Waals surface area contributed by atoms with Gasteiger partial charge in [0.05, 0.1) is 13.7 Å². The molecule has 16 heavy (non-hydrogen) atoms. The van der Waals surface area contributed by atoms with E-state index in [-0.39, 0.29) is 5.97 Å². The molecule has 0 aliphatic carbocycles. The summed E-state index contributed by atoms with van der Waals surface area (Å²) in [6.07, 6.45) is 0.968. The molecule has 1 aromatic rings. The summed E-state index contributed by atoms with van der Waals surface area (Å²) >= 11 is 0. The van der Waals surface area contributed by atoms with Crippen molar-refractivity contribution in [1.82, 2.24) is 0 Å². The molecule has 0 bridgehead atoms. The summed E-state index contributed by atoms with van der Waals surface area (Å²) in [5.74, 6) is 0.820. The van der Waals surface area contributed by atoms with Gasteiger partial charge >= 0.3 is 5.97 Å². The van der Waals surface area contributed by atoms with E-state index in [1.54, 1.807) is 18.2 Å². The highest BCUT2D eigenvalue weighted by Crippen LogP contribution is 2.19. The van der Waals surface area contributed by atoms with Crippen molar-refractivity contribution in [2.75, 3.05) is 13.7 Å². The second-order valence-corrected chi connectivity index (χ2v) is 4.02. The van der Waals surface area contributed by atoms with Crippen molar-refractivity contribution in [3.8, 4) is 5.75 Å². The Hall–Kier alpha value is -1.51. The smallest absolute Gasteiger partial charge is 0.341 e. The molecule has 0 aromatic heterocycles. The van der Waals surface area contributed by atoms with E-state index in [4.69, 9.17) is 4.74 Å². The number of hydrogen-bond donors (Lipinski definition) is 0. The maximum atomic E-state index is 11.4. The van der Waals surface area contributed by atoms with Gasteiger partial charge in [0.25, 0.3) is 0 Å². The van der Waals surface area contributed by atoms with E-state index >= 15 is 0 Å². The molecule has 0 aliphatic rings. The molecule has 0 aliphatic heterocycles. The van der Waals surface area contributed by atoms with E-state index < -0.39 is 0 Å². The summed E-state index contributed by atoms with van der Waals surface area (Å²) in [6, 6.07) is 7.13. The van der Waals surface area contributed by atoms with Gasteiger partial charge in [-0.25, -0.2) is 4.79 Å². The lowest BCUT2D eigenvalue weighted by Crippen LogP contribution is -2.07. The number of esters is 1. The summed E-state index contributed by atoms with van der Waals surface area (Å²) in [5.41, 5.74) is 0.480. The second kappa shape index (κ2) is 6.16. The molecule has 0 heterocycles. The van der Waals surface area contributed by atoms with Crippen LogP contribution >= 0.6 is 0 Å². The molecular formula is C13H18O3. The van der Waals surface area contributed by atoms with Crippen LogP contribution in [0.2, 0.25) is 0 Å². The minimum atomic E-state index is -0.361. The van der Waals surface area contributed by atoms with Gasteiger partial charge in [0.1, 0.15) is 11.3 Å². The first-order valence-corrected chi connectivity index (χ1v) is 5.45. The minimum Gasteiger partial charge on any atom is -0.493 e. The van der Waals surface area contributed by atoms with Gasteiger partial charge in [-0.1, -0.05) is 26.0 Å². The van der Waals surface area contributed by atoms with Crippen LogP contribution in [0.25, 0.3) is 0 Å². The van der Waals surface area contributed by atoms with Crippen LogP contribution in [-0.4, -0.2) is 19.7 Å². The summed E-state index contributed by atoms with van der Waals surface area (Å²) in [5, 5.41) is 0. The van der Waals surface area contributed by atoms with Crippen molar-refractivity contribution in [2.45, 2.75) is 20.3 Å². The summed E-state index contributed by atoms with van der Waals surface area (Å²) in [6.45, 7) is 4.89. The molecule has 1 aromatic carbocycles. The van der Waals surface area contributed by atoms with Crippen LogP contribution in [0.4, 0.5) is 0 Å². The number of para-hydroxylation sites is 1. The largest absolute Gasteiger partial charge is 0.493 e. The Morgan fingerprint density at radius 1 is 1.31 bits per heavy atom. The molecular weight excluding hydrogens is 204 g/mol. The van der Waals surface area contributed by atoms with Crippen LogP contribution in [0.15, 0.2) is 24.3 Å². The van der Waals surface area contributed by atoms with E-state index in [1.807, 2.05) is 6.07 Å². The van der Waals surface area contributed by atoms with E-state index in [2.05, 4.69) is 18.6 Å². The molecule has 0 spiro atoms.